The van der Waals surface area contributed by atoms with E-state index in [0.29, 0.717) is 17.7 Å². The van der Waals surface area contributed by atoms with Gasteiger partial charge in [-0.2, -0.15) is 0 Å². The number of methoxy groups -OCH3 is 1. The molecule has 220 valence electrons. The Balaban J connectivity index is 1.80. The van der Waals surface area contributed by atoms with E-state index in [-0.39, 0.29) is 24.8 Å². The van der Waals surface area contributed by atoms with Crippen LogP contribution in [0.2, 0.25) is 0 Å². The van der Waals surface area contributed by atoms with E-state index in [1.165, 1.54) is 14.0 Å². The molecule has 1 unspecified atom stereocenters. The summed E-state index contributed by atoms with van der Waals surface area (Å²) in [5.41, 5.74) is 0.483. The Bertz CT molecular complexity index is 1100. The van der Waals surface area contributed by atoms with Crippen LogP contribution in [-0.4, -0.2) is 86.2 Å². The minimum absolute atomic E-state index is 0.187. The van der Waals surface area contributed by atoms with Crippen LogP contribution >= 0.6 is 0 Å². The maximum atomic E-state index is 13.7. The number of rotatable bonds is 15. The molecule has 0 radical (unpaired) electrons. The molecule has 11 heteroatoms. The highest BCUT2D eigenvalue weighted by Gasteiger charge is 2.50. The Morgan fingerprint density at radius 1 is 1.12 bits per heavy atom. The third kappa shape index (κ3) is 8.36. The second kappa shape index (κ2) is 13.9. The Hall–Kier alpha value is -3.28. The van der Waals surface area contributed by atoms with Crippen LogP contribution in [0.5, 0.6) is 5.75 Å². The lowest BCUT2D eigenvalue weighted by atomic mass is 9.93. The molecule has 1 aromatic carbocycles. The first-order valence-electron chi connectivity index (χ1n) is 13.9. The van der Waals surface area contributed by atoms with Gasteiger partial charge < -0.3 is 35.4 Å². The van der Waals surface area contributed by atoms with Crippen molar-refractivity contribution in [2.24, 2.45) is 0 Å². The topological polar surface area (TPSA) is 151 Å². The van der Waals surface area contributed by atoms with Crippen LogP contribution in [0.4, 0.5) is 0 Å². The highest BCUT2D eigenvalue weighted by molar-refractivity contribution is 5.98. The van der Waals surface area contributed by atoms with Crippen molar-refractivity contribution < 1.29 is 38.7 Å². The van der Waals surface area contributed by atoms with Crippen LogP contribution in [0.3, 0.4) is 0 Å². The molecule has 5 N–H and O–H groups in total. The molecule has 0 saturated carbocycles. The first-order valence-corrected chi connectivity index (χ1v) is 13.9. The largest absolute Gasteiger partial charge is 0.497 e. The predicted octanol–water partition coefficient (Wildman–Crippen LogP) is -0.404. The number of allylic oxidation sites excluding steroid dienone is 1. The van der Waals surface area contributed by atoms with Crippen molar-refractivity contribution in [1.29, 1.82) is 0 Å². The monoisotopic (exact) mass is 559 g/mol. The SMILES string of the molecule is CC[NH+](C)CC(=O)N[C@@H](C)C(=O)N[C@H](C(=O)N[C@@H](CC1=CCCC1)C(=O)[C@@]1(C)CO1)[C@H](O)c1ccc(OC)cc1. The number of hydrogen-bond donors (Lipinski definition) is 5. The second-order valence-electron chi connectivity index (χ2n) is 10.9. The van der Waals surface area contributed by atoms with Crippen LogP contribution in [-0.2, 0) is 23.9 Å². The van der Waals surface area contributed by atoms with E-state index in [0.717, 1.165) is 36.3 Å². The normalized spacial score (nSPS) is 21.7. The van der Waals surface area contributed by atoms with Gasteiger partial charge in [0.2, 0.25) is 11.8 Å². The van der Waals surface area contributed by atoms with E-state index >= 15 is 0 Å². The minimum Gasteiger partial charge on any atom is -0.497 e. The number of carbonyl (C=O) groups excluding carboxylic acids is 4. The number of ether oxygens (including phenoxy) is 2. The molecule has 11 nitrogen and oxygen atoms in total. The molecule has 1 saturated heterocycles. The second-order valence-corrected chi connectivity index (χ2v) is 10.9. The molecular weight excluding hydrogens is 516 g/mol. The summed E-state index contributed by atoms with van der Waals surface area (Å²) in [4.78, 5) is 53.4. The average molecular weight is 560 g/mol. The van der Waals surface area contributed by atoms with Gasteiger partial charge in [0.25, 0.3) is 5.91 Å². The van der Waals surface area contributed by atoms with Crippen molar-refractivity contribution >= 4 is 23.5 Å². The molecule has 1 aromatic rings. The van der Waals surface area contributed by atoms with Gasteiger partial charge in [0.1, 0.15) is 29.5 Å². The van der Waals surface area contributed by atoms with Crippen molar-refractivity contribution in [3.05, 3.63) is 41.5 Å². The number of epoxide rings is 1. The van der Waals surface area contributed by atoms with Crippen LogP contribution in [0.1, 0.15) is 58.1 Å². The van der Waals surface area contributed by atoms with Gasteiger partial charge in [0, 0.05) is 0 Å². The van der Waals surface area contributed by atoms with Crippen LogP contribution in [0.25, 0.3) is 0 Å². The zero-order valence-electron chi connectivity index (χ0n) is 24.0. The zero-order valence-corrected chi connectivity index (χ0v) is 24.0. The van der Waals surface area contributed by atoms with E-state index < -0.39 is 41.6 Å². The minimum atomic E-state index is -1.44. The summed E-state index contributed by atoms with van der Waals surface area (Å²) in [6, 6.07) is 3.17. The van der Waals surface area contributed by atoms with Gasteiger partial charge in [-0.25, -0.2) is 0 Å². The lowest BCUT2D eigenvalue weighted by Gasteiger charge is -2.28. The molecule has 1 aliphatic carbocycles. The van der Waals surface area contributed by atoms with Crippen molar-refractivity contribution in [3.63, 3.8) is 0 Å². The van der Waals surface area contributed by atoms with Crippen molar-refractivity contribution in [2.75, 3.05) is 33.9 Å². The fourth-order valence-electron chi connectivity index (χ4n) is 4.59. The van der Waals surface area contributed by atoms with Crippen molar-refractivity contribution in [3.8, 4) is 5.75 Å². The van der Waals surface area contributed by atoms with Crippen LogP contribution < -0.4 is 25.6 Å². The smallest absolute Gasteiger partial charge is 0.275 e. The lowest BCUT2D eigenvalue weighted by Crippen LogP contribution is -3.10. The van der Waals surface area contributed by atoms with Gasteiger partial charge >= 0.3 is 0 Å². The highest BCUT2D eigenvalue weighted by Crippen LogP contribution is 2.31. The molecule has 3 amide bonds. The molecule has 1 heterocycles. The van der Waals surface area contributed by atoms with Gasteiger partial charge in [0.05, 0.1) is 33.4 Å². The Morgan fingerprint density at radius 2 is 1.80 bits per heavy atom. The van der Waals surface area contributed by atoms with Gasteiger partial charge in [-0.15, -0.1) is 0 Å². The zero-order chi connectivity index (χ0) is 29.4. The van der Waals surface area contributed by atoms with E-state index in [9.17, 15) is 24.3 Å². The molecular formula is C29H43N4O7+. The van der Waals surface area contributed by atoms with Crippen molar-refractivity contribution in [2.45, 2.75) is 76.3 Å². The van der Waals surface area contributed by atoms with Gasteiger partial charge in [-0.1, -0.05) is 23.8 Å². The molecule has 0 aromatic heterocycles. The molecule has 6 atom stereocenters. The number of amides is 3. The molecule has 1 fully saturated rings. The molecule has 3 rings (SSSR count). The summed E-state index contributed by atoms with van der Waals surface area (Å²) in [6.45, 7) is 6.34. The molecule has 2 aliphatic rings. The van der Waals surface area contributed by atoms with Gasteiger partial charge in [-0.05, 0) is 64.2 Å². The quantitative estimate of drug-likeness (QED) is 0.145. The number of benzene rings is 1. The van der Waals surface area contributed by atoms with Crippen LogP contribution in [0, 0.1) is 0 Å². The van der Waals surface area contributed by atoms with Gasteiger partial charge in [0.15, 0.2) is 12.3 Å². The number of carbonyl (C=O) groups is 4. The van der Waals surface area contributed by atoms with E-state index in [4.69, 9.17) is 9.47 Å². The molecule has 0 spiro atoms. The predicted molar refractivity (Wildman–Crippen MR) is 148 cm³/mol. The molecule has 1 aliphatic heterocycles. The number of aliphatic hydroxyl groups is 1. The number of ketones is 1. The van der Waals surface area contributed by atoms with E-state index in [1.807, 2.05) is 14.0 Å². The third-order valence-electron chi connectivity index (χ3n) is 7.52. The molecule has 40 heavy (non-hydrogen) atoms. The summed E-state index contributed by atoms with van der Waals surface area (Å²) in [7, 11) is 3.38. The average Bonchev–Trinajstić information content (AvgIpc) is 3.48. The number of aliphatic hydroxyl groups excluding tert-OH is 1. The Labute approximate surface area is 235 Å². The first kappa shape index (κ1) is 31.3. The van der Waals surface area contributed by atoms with Crippen LogP contribution in [0.15, 0.2) is 35.9 Å². The number of nitrogens with one attached hydrogen (secondary N) is 4. The third-order valence-corrected chi connectivity index (χ3v) is 7.52. The summed E-state index contributed by atoms with van der Waals surface area (Å²) >= 11 is 0. The maximum Gasteiger partial charge on any atom is 0.275 e. The standard InChI is InChI=1S/C29H42N4O7/c1-6-33(4)16-23(34)30-18(2)27(37)32-24(25(35)20-11-13-21(39-5)14-12-20)28(38)31-22(15-19-9-7-8-10-19)26(36)29(3)17-40-29/h9,11-14,18,22,24-25,35H,6-8,10,15-17H2,1-5H3,(H,30,34)(H,31,38)(H,32,37)/p+1/t18-,22-,24-,25+,29+/m0/s1. The first-order chi connectivity index (χ1) is 19.0. The van der Waals surface area contributed by atoms with E-state index in [1.54, 1.807) is 31.2 Å². The fraction of sp³-hybridized carbons (Fsp3) is 0.586. The summed E-state index contributed by atoms with van der Waals surface area (Å²) in [6.07, 6.45) is 3.73. The Kier molecular flexibility index (Phi) is 10.8. The van der Waals surface area contributed by atoms with Gasteiger partial charge in [-0.3, -0.25) is 19.2 Å². The van der Waals surface area contributed by atoms with E-state index in [2.05, 4.69) is 22.0 Å². The number of likely N-dealkylation sites (N-methyl/N-ethyl adjacent to an activating group) is 1. The Morgan fingerprint density at radius 3 is 2.35 bits per heavy atom. The molecule has 0 bridgehead atoms. The summed E-state index contributed by atoms with van der Waals surface area (Å²) in [5.74, 6) is -1.36. The lowest BCUT2D eigenvalue weighted by molar-refractivity contribution is -0.869. The number of Topliss-reactive ketones (excluding diaryl/α,β-unsaturated/α-hetero) is 1. The fourth-order valence-corrected chi connectivity index (χ4v) is 4.59. The number of quaternary nitrogens is 1. The highest BCUT2D eigenvalue weighted by atomic mass is 16.6. The summed E-state index contributed by atoms with van der Waals surface area (Å²) < 4.78 is 10.5. The summed E-state index contributed by atoms with van der Waals surface area (Å²) in [5, 5.41) is 19.3. The van der Waals surface area contributed by atoms with Crippen molar-refractivity contribution in [1.82, 2.24) is 16.0 Å². The maximum absolute atomic E-state index is 13.7. The number of hydrogen-bond acceptors (Lipinski definition) is 7.